The molecule has 29 heavy (non-hydrogen) atoms. The molecule has 0 saturated carbocycles. The van der Waals surface area contributed by atoms with Gasteiger partial charge in [-0.1, -0.05) is 28.1 Å². The van der Waals surface area contributed by atoms with E-state index in [1.807, 2.05) is 29.2 Å². The fourth-order valence-electron chi connectivity index (χ4n) is 3.84. The number of carbonyl (C=O) groups excluding carboxylic acids is 1. The van der Waals surface area contributed by atoms with Crippen molar-refractivity contribution in [3.05, 3.63) is 51.8 Å². The monoisotopic (exact) mass is 494 g/mol. The van der Waals surface area contributed by atoms with E-state index in [1.54, 1.807) is 17.4 Å². The first-order valence-corrected chi connectivity index (χ1v) is 13.1. The van der Waals surface area contributed by atoms with Crippen LogP contribution in [0, 0.1) is 0 Å². The fraction of sp³-hybridized carbons (Fsp3) is 0.381. The molecule has 1 aromatic carbocycles. The molecule has 8 heteroatoms. The topological polar surface area (TPSA) is 57.7 Å². The number of carbonyl (C=O) groups is 1. The van der Waals surface area contributed by atoms with Crippen molar-refractivity contribution in [1.29, 1.82) is 0 Å². The summed E-state index contributed by atoms with van der Waals surface area (Å²) in [4.78, 5) is 18.8. The van der Waals surface area contributed by atoms with Gasteiger partial charge in [0.15, 0.2) is 9.84 Å². The Morgan fingerprint density at radius 2 is 1.79 bits per heavy atom. The van der Waals surface area contributed by atoms with Gasteiger partial charge >= 0.3 is 0 Å². The van der Waals surface area contributed by atoms with Crippen LogP contribution in [0.4, 0.5) is 0 Å². The van der Waals surface area contributed by atoms with Gasteiger partial charge in [0, 0.05) is 52.5 Å². The van der Waals surface area contributed by atoms with Gasteiger partial charge in [-0.05, 0) is 42.3 Å². The number of rotatable bonds is 4. The first-order valence-electron chi connectivity index (χ1n) is 9.67. The predicted octanol–water partition coefficient (Wildman–Crippen LogP) is 3.52. The maximum Gasteiger partial charge on any atom is 0.246 e. The first-order chi connectivity index (χ1) is 13.9. The Hall–Kier alpha value is -1.48. The Morgan fingerprint density at radius 3 is 2.45 bits per heavy atom. The maximum absolute atomic E-state index is 12.5. The predicted molar refractivity (Wildman–Crippen MR) is 122 cm³/mol. The third-order valence-electron chi connectivity index (χ3n) is 5.50. The number of hydrogen-bond donors (Lipinski definition) is 0. The molecule has 1 amide bonds. The van der Waals surface area contributed by atoms with Crippen LogP contribution in [0.25, 0.3) is 16.5 Å². The average Bonchev–Trinajstić information content (AvgIpc) is 3.33. The van der Waals surface area contributed by atoms with Gasteiger partial charge in [-0.3, -0.25) is 9.69 Å². The van der Waals surface area contributed by atoms with Crippen molar-refractivity contribution in [3.8, 4) is 10.4 Å². The van der Waals surface area contributed by atoms with E-state index in [4.69, 9.17) is 0 Å². The number of sulfone groups is 1. The number of nitrogens with zero attached hydrogens (tertiary/aromatic N) is 2. The number of amides is 1. The van der Waals surface area contributed by atoms with E-state index >= 15 is 0 Å². The highest BCUT2D eigenvalue weighted by Crippen LogP contribution is 2.29. The SMILES string of the molecule is O=C(/C=C/c1ccc(-c2ccc(Br)cc2)s1)N1CCN(C2CCS(=O)(=O)C2)CC1. The average molecular weight is 495 g/mol. The highest BCUT2D eigenvalue weighted by molar-refractivity contribution is 9.10. The summed E-state index contributed by atoms with van der Waals surface area (Å²) in [6, 6.07) is 12.4. The summed E-state index contributed by atoms with van der Waals surface area (Å²) >= 11 is 5.11. The molecule has 0 N–H and O–H groups in total. The summed E-state index contributed by atoms with van der Waals surface area (Å²) in [6.07, 6.45) is 4.24. The lowest BCUT2D eigenvalue weighted by Crippen LogP contribution is -2.52. The lowest BCUT2D eigenvalue weighted by atomic mass is 10.2. The Labute approximate surface area is 184 Å². The van der Waals surface area contributed by atoms with Gasteiger partial charge in [-0.2, -0.15) is 0 Å². The molecule has 3 heterocycles. The van der Waals surface area contributed by atoms with Crippen molar-refractivity contribution in [2.75, 3.05) is 37.7 Å². The van der Waals surface area contributed by atoms with E-state index in [9.17, 15) is 13.2 Å². The van der Waals surface area contributed by atoms with Crippen LogP contribution in [0.1, 0.15) is 11.3 Å². The van der Waals surface area contributed by atoms with E-state index in [-0.39, 0.29) is 17.7 Å². The van der Waals surface area contributed by atoms with Crippen molar-refractivity contribution in [3.63, 3.8) is 0 Å². The summed E-state index contributed by atoms with van der Waals surface area (Å²) < 4.78 is 24.4. The van der Waals surface area contributed by atoms with Gasteiger partial charge < -0.3 is 4.90 Å². The molecule has 5 nitrogen and oxygen atoms in total. The molecule has 0 spiro atoms. The van der Waals surface area contributed by atoms with Crippen molar-refractivity contribution < 1.29 is 13.2 Å². The summed E-state index contributed by atoms with van der Waals surface area (Å²) in [5, 5.41) is 0. The molecule has 1 atom stereocenters. The Bertz CT molecular complexity index is 1010. The molecule has 2 aliphatic heterocycles. The minimum Gasteiger partial charge on any atom is -0.337 e. The van der Waals surface area contributed by atoms with Crippen LogP contribution < -0.4 is 0 Å². The summed E-state index contributed by atoms with van der Waals surface area (Å²) in [7, 11) is -2.87. The molecule has 0 radical (unpaired) electrons. The molecule has 0 aliphatic carbocycles. The van der Waals surface area contributed by atoms with Gasteiger partial charge in [0.1, 0.15) is 0 Å². The molecular formula is C21H23BrN2O3S2. The van der Waals surface area contributed by atoms with Crippen molar-refractivity contribution in [2.45, 2.75) is 12.5 Å². The standard InChI is InChI=1S/C21H23BrN2O3S2/c22-17-3-1-16(2-4-17)20-7-5-19(28-20)6-8-21(25)24-12-10-23(11-13-24)18-9-14-29(26,27)15-18/h1-8,18H,9-15H2/b8-6+. The highest BCUT2D eigenvalue weighted by atomic mass is 79.9. The first kappa shape index (κ1) is 20.8. The molecule has 1 aromatic heterocycles. The zero-order chi connectivity index (χ0) is 20.4. The van der Waals surface area contributed by atoms with Crippen LogP contribution in [0.15, 0.2) is 46.9 Å². The van der Waals surface area contributed by atoms with Crippen molar-refractivity contribution in [2.24, 2.45) is 0 Å². The van der Waals surface area contributed by atoms with Crippen LogP contribution in [-0.4, -0.2) is 67.9 Å². The Morgan fingerprint density at radius 1 is 1.07 bits per heavy atom. The molecule has 4 rings (SSSR count). The number of thiophene rings is 1. The van der Waals surface area contributed by atoms with E-state index in [1.165, 1.54) is 4.88 Å². The molecule has 2 fully saturated rings. The zero-order valence-corrected chi connectivity index (χ0v) is 19.2. The van der Waals surface area contributed by atoms with Gasteiger partial charge in [0.2, 0.25) is 5.91 Å². The molecule has 2 aromatic rings. The van der Waals surface area contributed by atoms with Crippen molar-refractivity contribution >= 4 is 49.1 Å². The largest absolute Gasteiger partial charge is 0.337 e. The number of hydrogen-bond acceptors (Lipinski definition) is 5. The van der Waals surface area contributed by atoms with E-state index in [0.29, 0.717) is 18.8 Å². The molecule has 1 unspecified atom stereocenters. The quantitative estimate of drug-likeness (QED) is 0.610. The molecule has 2 aliphatic rings. The zero-order valence-electron chi connectivity index (χ0n) is 16.0. The Kier molecular flexibility index (Phi) is 6.24. The van der Waals surface area contributed by atoms with E-state index in [0.717, 1.165) is 34.4 Å². The fourth-order valence-corrected chi connectivity index (χ4v) is 6.78. The second-order valence-corrected chi connectivity index (χ2v) is 11.7. The maximum atomic E-state index is 12.5. The number of benzene rings is 1. The summed E-state index contributed by atoms with van der Waals surface area (Å²) in [5.41, 5.74) is 1.16. The molecule has 2 saturated heterocycles. The third-order valence-corrected chi connectivity index (χ3v) is 8.88. The smallest absolute Gasteiger partial charge is 0.246 e. The van der Waals surface area contributed by atoms with Crippen molar-refractivity contribution in [1.82, 2.24) is 9.80 Å². The van der Waals surface area contributed by atoms with Gasteiger partial charge in [0.05, 0.1) is 11.5 Å². The van der Waals surface area contributed by atoms with Gasteiger partial charge in [0.25, 0.3) is 0 Å². The van der Waals surface area contributed by atoms with E-state index in [2.05, 4.69) is 39.0 Å². The van der Waals surface area contributed by atoms with Gasteiger partial charge in [-0.25, -0.2) is 8.42 Å². The minimum atomic E-state index is -2.87. The van der Waals surface area contributed by atoms with Crippen LogP contribution in [0.5, 0.6) is 0 Å². The highest BCUT2D eigenvalue weighted by Gasteiger charge is 2.34. The second-order valence-electron chi connectivity index (χ2n) is 7.46. The lowest BCUT2D eigenvalue weighted by molar-refractivity contribution is -0.127. The normalized spacial score (nSPS) is 22.4. The van der Waals surface area contributed by atoms with E-state index < -0.39 is 9.84 Å². The van der Waals surface area contributed by atoms with Crippen LogP contribution in [-0.2, 0) is 14.6 Å². The number of piperazine rings is 1. The van der Waals surface area contributed by atoms with Crippen LogP contribution in [0.3, 0.4) is 0 Å². The van der Waals surface area contributed by atoms with Crippen LogP contribution in [0.2, 0.25) is 0 Å². The second kappa shape index (κ2) is 8.71. The summed E-state index contributed by atoms with van der Waals surface area (Å²) in [5.74, 6) is 0.574. The van der Waals surface area contributed by atoms with Crippen LogP contribution >= 0.6 is 27.3 Å². The third kappa shape index (κ3) is 5.17. The molecule has 154 valence electrons. The summed E-state index contributed by atoms with van der Waals surface area (Å²) in [6.45, 7) is 2.78. The van der Waals surface area contributed by atoms with Gasteiger partial charge in [-0.15, -0.1) is 11.3 Å². The minimum absolute atomic E-state index is 0.0160. The molecular weight excluding hydrogens is 472 g/mol. The number of halogens is 1. The lowest BCUT2D eigenvalue weighted by Gasteiger charge is -2.37. The molecule has 0 bridgehead atoms. The Balaban J connectivity index is 1.31.